The molecule has 0 amide bonds. The van der Waals surface area contributed by atoms with Gasteiger partial charge in [0.25, 0.3) is 0 Å². The van der Waals surface area contributed by atoms with Crippen LogP contribution in [0.2, 0.25) is 0 Å². The van der Waals surface area contributed by atoms with Crippen molar-refractivity contribution in [2.75, 3.05) is 7.11 Å². The monoisotopic (exact) mass is 250 g/mol. The fraction of sp³-hybridized carbons (Fsp3) is 0.222. The van der Waals surface area contributed by atoms with Gasteiger partial charge in [0.1, 0.15) is 0 Å². The predicted octanol–water partition coefficient (Wildman–Crippen LogP) is 3.83. The number of methoxy groups -OCH3 is 1. The Morgan fingerprint density at radius 2 is 1.21 bits per heavy atom. The summed E-state index contributed by atoms with van der Waals surface area (Å²) in [6, 6.07) is 16.3. The molecule has 0 spiro atoms. The van der Waals surface area contributed by atoms with Gasteiger partial charge < -0.3 is 4.74 Å². The highest BCUT2D eigenvalue weighted by atomic mass is 16.5. The summed E-state index contributed by atoms with van der Waals surface area (Å²) >= 11 is 0. The summed E-state index contributed by atoms with van der Waals surface area (Å²) in [5, 5.41) is 0. The Hall–Kier alpha value is -2.04. The maximum absolute atomic E-state index is 5.78. The molecule has 0 N–H and O–H groups in total. The van der Waals surface area contributed by atoms with E-state index in [2.05, 4.69) is 44.0 Å². The fourth-order valence-electron chi connectivity index (χ4n) is 2.20. The van der Waals surface area contributed by atoms with Gasteiger partial charge in [-0.1, -0.05) is 65.6 Å². The van der Waals surface area contributed by atoms with Crippen LogP contribution in [-0.2, 0) is 10.3 Å². The van der Waals surface area contributed by atoms with Crippen LogP contribution in [0.4, 0.5) is 0 Å². The average Bonchev–Trinajstić information content (AvgIpc) is 2.44. The molecule has 0 heterocycles. The lowest BCUT2D eigenvalue weighted by molar-refractivity contribution is 0.0744. The Morgan fingerprint density at radius 3 is 1.47 bits per heavy atom. The van der Waals surface area contributed by atoms with E-state index in [0.29, 0.717) is 0 Å². The molecule has 0 aromatic heterocycles. The van der Waals surface area contributed by atoms with Crippen molar-refractivity contribution in [1.82, 2.24) is 0 Å². The molecular formula is C18H18O. The number of aryl methyl sites for hydroxylation is 2. The summed E-state index contributed by atoms with van der Waals surface area (Å²) in [5.74, 6) is 2.81. The van der Waals surface area contributed by atoms with Crippen LogP contribution in [0.15, 0.2) is 48.5 Å². The van der Waals surface area contributed by atoms with E-state index in [4.69, 9.17) is 11.2 Å². The third kappa shape index (κ3) is 2.41. The van der Waals surface area contributed by atoms with E-state index in [1.165, 1.54) is 11.1 Å². The molecule has 2 aromatic carbocycles. The van der Waals surface area contributed by atoms with E-state index in [1.807, 2.05) is 24.3 Å². The normalized spacial score (nSPS) is 11.1. The van der Waals surface area contributed by atoms with Crippen LogP contribution in [0.5, 0.6) is 0 Å². The molecule has 0 saturated carbocycles. The van der Waals surface area contributed by atoms with Crippen LogP contribution in [0.1, 0.15) is 22.3 Å². The summed E-state index contributed by atoms with van der Waals surface area (Å²) in [7, 11) is 1.65. The number of hydrogen-bond donors (Lipinski definition) is 0. The number of hydrogen-bond acceptors (Lipinski definition) is 1. The Labute approximate surface area is 115 Å². The first kappa shape index (κ1) is 13.4. The zero-order valence-corrected chi connectivity index (χ0v) is 11.6. The third-order valence-electron chi connectivity index (χ3n) is 3.43. The lowest BCUT2D eigenvalue weighted by Crippen LogP contribution is -2.28. The van der Waals surface area contributed by atoms with Gasteiger partial charge in [-0.2, -0.15) is 0 Å². The molecule has 0 fully saturated rings. The Kier molecular flexibility index (Phi) is 3.74. The van der Waals surface area contributed by atoms with E-state index in [1.54, 1.807) is 7.11 Å². The zero-order chi connectivity index (χ0) is 13.9. The van der Waals surface area contributed by atoms with Crippen molar-refractivity contribution in [3.8, 4) is 12.3 Å². The van der Waals surface area contributed by atoms with E-state index in [9.17, 15) is 0 Å². The molecule has 2 aromatic rings. The number of ether oxygens (including phenoxy) is 1. The minimum absolute atomic E-state index is 0.818. The van der Waals surface area contributed by atoms with Crippen LogP contribution in [0, 0.1) is 26.2 Å². The average molecular weight is 250 g/mol. The maximum Gasteiger partial charge on any atom is 0.179 e. The highest BCUT2D eigenvalue weighted by molar-refractivity contribution is 5.45. The van der Waals surface area contributed by atoms with Crippen LogP contribution in [0.25, 0.3) is 0 Å². The van der Waals surface area contributed by atoms with Crippen molar-refractivity contribution >= 4 is 0 Å². The van der Waals surface area contributed by atoms with Gasteiger partial charge in [0.15, 0.2) is 5.60 Å². The predicted molar refractivity (Wildman–Crippen MR) is 79.0 cm³/mol. The van der Waals surface area contributed by atoms with Gasteiger partial charge in [0, 0.05) is 18.2 Å². The molecule has 0 atom stereocenters. The SMILES string of the molecule is C#CC(OC)(c1ccc(C)cc1)c1ccc(C)cc1. The first-order chi connectivity index (χ1) is 9.12. The smallest absolute Gasteiger partial charge is 0.179 e. The van der Waals surface area contributed by atoms with Gasteiger partial charge >= 0.3 is 0 Å². The molecule has 0 aliphatic heterocycles. The number of terminal acetylenes is 1. The Balaban J connectivity index is 2.58. The zero-order valence-electron chi connectivity index (χ0n) is 11.6. The molecular weight excluding hydrogens is 232 g/mol. The Bertz CT molecular complexity index is 540. The van der Waals surface area contributed by atoms with Gasteiger partial charge in [0.2, 0.25) is 0 Å². The maximum atomic E-state index is 5.78. The van der Waals surface area contributed by atoms with E-state index < -0.39 is 5.60 Å². The standard InChI is InChI=1S/C18H18O/c1-5-18(19-4,16-10-6-14(2)7-11-16)17-12-8-15(3)9-13-17/h1,6-13H,2-4H3. The molecule has 0 aliphatic carbocycles. The van der Waals surface area contributed by atoms with E-state index in [0.717, 1.165) is 11.1 Å². The van der Waals surface area contributed by atoms with E-state index in [-0.39, 0.29) is 0 Å². The topological polar surface area (TPSA) is 9.23 Å². The summed E-state index contributed by atoms with van der Waals surface area (Å²) in [5.41, 5.74) is 3.55. The quantitative estimate of drug-likeness (QED) is 0.752. The number of rotatable bonds is 3. The van der Waals surface area contributed by atoms with Crippen LogP contribution < -0.4 is 0 Å². The Morgan fingerprint density at radius 1 is 0.842 bits per heavy atom. The largest absolute Gasteiger partial charge is 0.357 e. The van der Waals surface area contributed by atoms with E-state index >= 15 is 0 Å². The van der Waals surface area contributed by atoms with Gasteiger partial charge in [0.05, 0.1) is 0 Å². The second-order valence-electron chi connectivity index (χ2n) is 4.76. The van der Waals surface area contributed by atoms with Crippen molar-refractivity contribution in [2.24, 2.45) is 0 Å². The van der Waals surface area contributed by atoms with Crippen molar-refractivity contribution in [3.63, 3.8) is 0 Å². The molecule has 1 heteroatoms. The molecule has 1 nitrogen and oxygen atoms in total. The lowest BCUT2D eigenvalue weighted by Gasteiger charge is -2.28. The van der Waals surface area contributed by atoms with Crippen molar-refractivity contribution in [1.29, 1.82) is 0 Å². The minimum atomic E-state index is -0.818. The summed E-state index contributed by atoms with van der Waals surface area (Å²) in [6.45, 7) is 4.11. The second kappa shape index (κ2) is 5.30. The second-order valence-corrected chi connectivity index (χ2v) is 4.76. The van der Waals surface area contributed by atoms with Gasteiger partial charge in [-0.3, -0.25) is 0 Å². The van der Waals surface area contributed by atoms with Crippen LogP contribution in [0.3, 0.4) is 0 Å². The molecule has 0 aliphatic rings. The molecule has 96 valence electrons. The molecule has 0 bridgehead atoms. The highest BCUT2D eigenvalue weighted by Crippen LogP contribution is 2.32. The molecule has 0 radical (unpaired) electrons. The van der Waals surface area contributed by atoms with Gasteiger partial charge in [-0.15, -0.1) is 6.42 Å². The molecule has 2 rings (SSSR count). The fourth-order valence-corrected chi connectivity index (χ4v) is 2.20. The molecule has 0 saturated heterocycles. The van der Waals surface area contributed by atoms with Crippen molar-refractivity contribution in [2.45, 2.75) is 19.4 Å². The molecule has 19 heavy (non-hydrogen) atoms. The summed E-state index contributed by atoms with van der Waals surface area (Å²) in [6.07, 6.45) is 5.78. The van der Waals surface area contributed by atoms with Crippen molar-refractivity contribution in [3.05, 3.63) is 70.8 Å². The lowest BCUT2D eigenvalue weighted by atomic mass is 9.86. The van der Waals surface area contributed by atoms with Gasteiger partial charge in [-0.05, 0) is 13.8 Å². The van der Waals surface area contributed by atoms with Crippen molar-refractivity contribution < 1.29 is 4.74 Å². The first-order valence-corrected chi connectivity index (χ1v) is 6.29. The van der Waals surface area contributed by atoms with Gasteiger partial charge in [-0.25, -0.2) is 0 Å². The molecule has 0 unspecified atom stereocenters. The highest BCUT2D eigenvalue weighted by Gasteiger charge is 2.31. The van der Waals surface area contributed by atoms with Crippen LogP contribution in [-0.4, -0.2) is 7.11 Å². The third-order valence-corrected chi connectivity index (χ3v) is 3.43. The number of benzene rings is 2. The first-order valence-electron chi connectivity index (χ1n) is 6.29. The summed E-state index contributed by atoms with van der Waals surface area (Å²) in [4.78, 5) is 0. The summed E-state index contributed by atoms with van der Waals surface area (Å²) < 4.78 is 5.70. The minimum Gasteiger partial charge on any atom is -0.357 e. The van der Waals surface area contributed by atoms with Crippen LogP contribution >= 0.6 is 0 Å².